The van der Waals surface area contributed by atoms with Crippen LogP contribution < -0.4 is 11.2 Å². The molecule has 9 nitrogen and oxygen atoms in total. The molecular formula is C14H17N6O3+. The van der Waals surface area contributed by atoms with Gasteiger partial charge in [0.15, 0.2) is 17.8 Å². The predicted molar refractivity (Wildman–Crippen MR) is 83.1 cm³/mol. The van der Waals surface area contributed by atoms with E-state index in [0.29, 0.717) is 17.4 Å². The minimum Gasteiger partial charge on any atom is -0.461 e. The smallest absolute Gasteiger partial charge is 0.413 e. The van der Waals surface area contributed by atoms with Crippen molar-refractivity contribution in [3.05, 3.63) is 36.2 Å². The van der Waals surface area contributed by atoms with E-state index in [-0.39, 0.29) is 5.82 Å². The lowest BCUT2D eigenvalue weighted by molar-refractivity contribution is -0.803. The summed E-state index contributed by atoms with van der Waals surface area (Å²) >= 11 is 0. The second kappa shape index (κ2) is 5.14. The fourth-order valence-electron chi connectivity index (χ4n) is 1.97. The molecule has 0 aromatic carbocycles. The molecule has 120 valence electrons. The summed E-state index contributed by atoms with van der Waals surface area (Å²) in [6.45, 7) is 5.31. The Bertz CT molecular complexity index is 754. The van der Waals surface area contributed by atoms with E-state index in [0.717, 1.165) is 0 Å². The van der Waals surface area contributed by atoms with Crippen LogP contribution in [-0.4, -0.2) is 34.3 Å². The molecule has 2 aliphatic rings. The molecule has 1 unspecified atom stereocenters. The van der Waals surface area contributed by atoms with Crippen molar-refractivity contribution in [2.75, 3.05) is 0 Å². The van der Waals surface area contributed by atoms with Gasteiger partial charge in [-0.25, -0.2) is 9.79 Å². The molecule has 1 aromatic rings. The lowest BCUT2D eigenvalue weighted by atomic mass is 10.2. The molecule has 9 heteroatoms. The fourth-order valence-corrected chi connectivity index (χ4v) is 1.97. The summed E-state index contributed by atoms with van der Waals surface area (Å²) in [5.74, 6) is 7.66. The first-order chi connectivity index (χ1) is 10.8. The number of quaternary nitrogens is 1. The van der Waals surface area contributed by atoms with Gasteiger partial charge in [-0.2, -0.15) is 4.99 Å². The van der Waals surface area contributed by atoms with Gasteiger partial charge in [-0.3, -0.25) is 5.32 Å². The van der Waals surface area contributed by atoms with Crippen LogP contribution in [0.1, 0.15) is 26.5 Å². The van der Waals surface area contributed by atoms with Gasteiger partial charge < -0.3 is 9.15 Å². The number of amides is 1. The number of ether oxygens (including phenoxy) is 1. The van der Waals surface area contributed by atoms with Crippen molar-refractivity contribution in [2.45, 2.75) is 26.4 Å². The third kappa shape index (κ3) is 3.20. The summed E-state index contributed by atoms with van der Waals surface area (Å²) in [6.07, 6.45) is 3.79. The van der Waals surface area contributed by atoms with E-state index in [9.17, 15) is 4.79 Å². The third-order valence-corrected chi connectivity index (χ3v) is 2.86. The number of nitrogens with one attached hydrogen (secondary N) is 1. The molecule has 0 radical (unpaired) electrons. The minimum absolute atomic E-state index is 0.227. The van der Waals surface area contributed by atoms with Gasteiger partial charge >= 0.3 is 6.09 Å². The molecule has 0 bridgehead atoms. The lowest BCUT2D eigenvalue weighted by Gasteiger charge is -2.22. The highest BCUT2D eigenvalue weighted by Crippen LogP contribution is 2.20. The Balaban J connectivity index is 1.79. The standard InChI is InChI=1S/C14H16N6O3/c1-14(2,3)23-13(21)17-10-8-20(15)11(7-16-10)18-12(19-20)9-5-4-6-22-9/h4-8H,15H2,1-3H3/p+1. The van der Waals surface area contributed by atoms with Gasteiger partial charge in [-0.15, -0.1) is 5.84 Å². The van der Waals surface area contributed by atoms with Crippen LogP contribution in [0, 0.1) is 0 Å². The number of nitrogens with zero attached hydrogens (tertiary/aromatic N) is 4. The Hall–Kier alpha value is -2.78. The van der Waals surface area contributed by atoms with Crippen molar-refractivity contribution in [1.82, 2.24) is 5.32 Å². The van der Waals surface area contributed by atoms with Gasteiger partial charge in [0, 0.05) is 0 Å². The number of amidine groups is 2. The summed E-state index contributed by atoms with van der Waals surface area (Å²) in [5, 5.41) is 6.81. The number of alkyl carbamates (subject to hydrolysis) is 1. The zero-order valence-corrected chi connectivity index (χ0v) is 13.0. The van der Waals surface area contributed by atoms with Crippen molar-refractivity contribution in [1.29, 1.82) is 0 Å². The van der Waals surface area contributed by atoms with Gasteiger partial charge in [0.2, 0.25) is 0 Å². The van der Waals surface area contributed by atoms with Crippen molar-refractivity contribution in [2.24, 2.45) is 20.9 Å². The molecular weight excluding hydrogens is 300 g/mol. The molecule has 0 aliphatic carbocycles. The number of fused-ring (bicyclic) bond motifs is 1. The van der Waals surface area contributed by atoms with Crippen molar-refractivity contribution in [3.8, 4) is 0 Å². The Labute approximate surface area is 132 Å². The van der Waals surface area contributed by atoms with E-state index >= 15 is 0 Å². The largest absolute Gasteiger partial charge is 0.461 e. The van der Waals surface area contributed by atoms with E-state index in [1.165, 1.54) is 18.7 Å². The number of nitrogens with two attached hydrogens (primary N) is 1. The van der Waals surface area contributed by atoms with Crippen molar-refractivity contribution < 1.29 is 18.6 Å². The number of furan rings is 1. The van der Waals surface area contributed by atoms with Crippen LogP contribution in [0.4, 0.5) is 4.79 Å². The Morgan fingerprint density at radius 3 is 2.87 bits per heavy atom. The molecule has 23 heavy (non-hydrogen) atoms. The van der Waals surface area contributed by atoms with E-state index in [4.69, 9.17) is 15.0 Å². The van der Waals surface area contributed by atoms with Crippen LogP contribution in [0.5, 0.6) is 0 Å². The van der Waals surface area contributed by atoms with E-state index in [1.807, 2.05) is 0 Å². The average molecular weight is 317 g/mol. The number of carbonyl (C=O) groups is 1. The molecule has 0 spiro atoms. The van der Waals surface area contributed by atoms with E-state index in [2.05, 4.69) is 20.4 Å². The van der Waals surface area contributed by atoms with Crippen LogP contribution in [0.2, 0.25) is 0 Å². The zero-order chi connectivity index (χ0) is 16.7. The van der Waals surface area contributed by atoms with E-state index in [1.54, 1.807) is 32.9 Å². The number of aliphatic imine (C=N–C) groups is 2. The second-order valence-electron chi connectivity index (χ2n) is 6.01. The minimum atomic E-state index is -0.623. The Morgan fingerprint density at radius 2 is 2.22 bits per heavy atom. The summed E-state index contributed by atoms with van der Waals surface area (Å²) < 4.78 is 9.97. The summed E-state index contributed by atoms with van der Waals surface area (Å²) in [4.78, 5) is 20.2. The highest BCUT2D eigenvalue weighted by atomic mass is 16.6. The van der Waals surface area contributed by atoms with Gasteiger partial charge in [-0.05, 0) is 42.7 Å². The molecule has 3 N–H and O–H groups in total. The van der Waals surface area contributed by atoms with Crippen molar-refractivity contribution >= 4 is 24.0 Å². The third-order valence-electron chi connectivity index (χ3n) is 2.86. The Morgan fingerprint density at radius 1 is 1.43 bits per heavy atom. The van der Waals surface area contributed by atoms with Crippen LogP contribution in [0.15, 0.2) is 49.9 Å². The van der Waals surface area contributed by atoms with Crippen molar-refractivity contribution in [3.63, 3.8) is 0 Å². The summed E-state index contributed by atoms with van der Waals surface area (Å²) in [6, 6.07) is 3.46. The van der Waals surface area contributed by atoms with Gasteiger partial charge in [0.05, 0.1) is 6.26 Å². The molecule has 0 saturated carbocycles. The van der Waals surface area contributed by atoms with Crippen LogP contribution in [-0.2, 0) is 4.74 Å². The van der Waals surface area contributed by atoms with E-state index < -0.39 is 16.4 Å². The van der Waals surface area contributed by atoms with Gasteiger partial charge in [0.1, 0.15) is 11.8 Å². The second-order valence-corrected chi connectivity index (χ2v) is 6.01. The maximum Gasteiger partial charge on any atom is 0.413 e. The first kappa shape index (κ1) is 15.1. The fraction of sp³-hybridized carbons (Fsp3) is 0.286. The van der Waals surface area contributed by atoms with Gasteiger partial charge in [0.25, 0.3) is 11.7 Å². The molecule has 3 heterocycles. The first-order valence-corrected chi connectivity index (χ1v) is 6.93. The molecule has 3 rings (SSSR count). The van der Waals surface area contributed by atoms with Crippen LogP contribution in [0.3, 0.4) is 0 Å². The van der Waals surface area contributed by atoms with Crippen LogP contribution in [0.25, 0.3) is 0 Å². The van der Waals surface area contributed by atoms with Crippen LogP contribution >= 0.6 is 0 Å². The maximum atomic E-state index is 11.8. The molecule has 1 amide bonds. The molecule has 2 aliphatic heterocycles. The normalized spacial score (nSPS) is 22.9. The van der Waals surface area contributed by atoms with Gasteiger partial charge in [-0.1, -0.05) is 0 Å². The highest BCUT2D eigenvalue weighted by molar-refractivity contribution is 6.31. The predicted octanol–water partition coefficient (Wildman–Crippen LogP) is 1.45. The molecule has 1 atom stereocenters. The summed E-state index contributed by atoms with van der Waals surface area (Å²) in [5.41, 5.74) is -0.608. The number of rotatable bonds is 2. The number of carbonyl (C=O) groups excluding carboxylic acids is 1. The maximum absolute atomic E-state index is 11.8. The topological polar surface area (TPSA) is 115 Å². The Kier molecular flexibility index (Phi) is 3.38. The molecule has 0 saturated heterocycles. The monoisotopic (exact) mass is 317 g/mol. The number of hydrogen-bond donors (Lipinski definition) is 2. The summed E-state index contributed by atoms with van der Waals surface area (Å²) in [7, 11) is 0. The lowest BCUT2D eigenvalue weighted by Crippen LogP contribution is -2.51. The highest BCUT2D eigenvalue weighted by Gasteiger charge is 2.40. The number of hydrogen-bond acceptors (Lipinski definition) is 7. The quantitative estimate of drug-likeness (QED) is 0.634. The average Bonchev–Trinajstić information content (AvgIpc) is 3.01. The molecule has 0 fully saturated rings. The first-order valence-electron chi connectivity index (χ1n) is 6.93. The SMILES string of the molecule is CC(C)(C)OC(=O)NC1=C[N+]2(N)N=C(c3ccco3)N=C2C=N1. The zero-order valence-electron chi connectivity index (χ0n) is 13.0. The molecule has 1 aromatic heterocycles.